The summed E-state index contributed by atoms with van der Waals surface area (Å²) in [6.07, 6.45) is 0. The molecule has 92 valence electrons. The zero-order valence-electron chi connectivity index (χ0n) is 9.64. The zero-order valence-corrected chi connectivity index (χ0v) is 10.5. The molecule has 0 aromatic rings. The van der Waals surface area contributed by atoms with Gasteiger partial charge in [-0.2, -0.15) is 11.8 Å². The van der Waals surface area contributed by atoms with Gasteiger partial charge in [-0.3, -0.25) is 4.79 Å². The first-order chi connectivity index (χ1) is 7.57. The molecule has 1 aliphatic rings. The largest absolute Gasteiger partial charge is 0.464 e. The molecule has 2 unspecified atom stereocenters. The van der Waals surface area contributed by atoms with Gasteiger partial charge in [0.1, 0.15) is 6.04 Å². The molecule has 0 bridgehead atoms. The van der Waals surface area contributed by atoms with Crippen molar-refractivity contribution in [2.45, 2.75) is 25.9 Å². The van der Waals surface area contributed by atoms with E-state index in [4.69, 9.17) is 10.5 Å². The van der Waals surface area contributed by atoms with Crippen LogP contribution in [-0.4, -0.2) is 53.5 Å². The molecule has 0 radical (unpaired) electrons. The number of esters is 1. The van der Waals surface area contributed by atoms with E-state index in [1.807, 2.05) is 0 Å². The second kappa shape index (κ2) is 6.10. The van der Waals surface area contributed by atoms with Crippen molar-refractivity contribution in [2.24, 2.45) is 5.73 Å². The first kappa shape index (κ1) is 13.3. The number of ether oxygens (including phenoxy) is 1. The Morgan fingerprint density at radius 1 is 1.62 bits per heavy atom. The van der Waals surface area contributed by atoms with E-state index in [2.05, 4.69) is 0 Å². The second-order valence-corrected chi connectivity index (χ2v) is 4.81. The van der Waals surface area contributed by atoms with E-state index in [-0.39, 0.29) is 11.9 Å². The van der Waals surface area contributed by atoms with Gasteiger partial charge < -0.3 is 15.4 Å². The molecular weight excluding hydrogens is 228 g/mol. The number of nitrogens with two attached hydrogens (primary N) is 1. The van der Waals surface area contributed by atoms with E-state index >= 15 is 0 Å². The van der Waals surface area contributed by atoms with Gasteiger partial charge in [0.2, 0.25) is 5.91 Å². The maximum atomic E-state index is 11.8. The number of hydrogen-bond donors (Lipinski definition) is 1. The quantitative estimate of drug-likeness (QED) is 0.701. The Hall–Kier alpha value is -0.750. The monoisotopic (exact) mass is 246 g/mol. The summed E-state index contributed by atoms with van der Waals surface area (Å²) in [6, 6.07) is -1.04. The lowest BCUT2D eigenvalue weighted by atomic mass is 10.2. The molecule has 6 heteroatoms. The normalized spacial score (nSPS) is 22.7. The van der Waals surface area contributed by atoms with Gasteiger partial charge in [0.25, 0.3) is 0 Å². The highest BCUT2D eigenvalue weighted by molar-refractivity contribution is 7.99. The van der Waals surface area contributed by atoms with E-state index in [0.717, 1.165) is 5.75 Å². The van der Waals surface area contributed by atoms with Crippen LogP contribution in [0.1, 0.15) is 13.8 Å². The first-order valence-electron chi connectivity index (χ1n) is 5.38. The summed E-state index contributed by atoms with van der Waals surface area (Å²) in [5.74, 6) is 0.924. The minimum atomic E-state index is -0.569. The molecule has 1 heterocycles. The van der Waals surface area contributed by atoms with Crippen molar-refractivity contribution in [1.29, 1.82) is 0 Å². The lowest BCUT2D eigenvalue weighted by Gasteiger charge is -2.34. The van der Waals surface area contributed by atoms with Crippen molar-refractivity contribution in [3.8, 4) is 0 Å². The number of carbonyl (C=O) groups is 2. The van der Waals surface area contributed by atoms with Crippen molar-refractivity contribution in [3.05, 3.63) is 0 Å². The van der Waals surface area contributed by atoms with Gasteiger partial charge >= 0.3 is 5.97 Å². The smallest absolute Gasteiger partial charge is 0.329 e. The lowest BCUT2D eigenvalue weighted by Crippen LogP contribution is -2.55. The number of rotatable bonds is 3. The van der Waals surface area contributed by atoms with Crippen molar-refractivity contribution in [2.75, 3.05) is 24.7 Å². The van der Waals surface area contributed by atoms with Gasteiger partial charge in [0.05, 0.1) is 12.6 Å². The Balaban J connectivity index is 2.71. The summed E-state index contributed by atoms with van der Waals surface area (Å²) in [6.45, 7) is 4.28. The minimum absolute atomic E-state index is 0.182. The number of nitrogens with zero attached hydrogens (tertiary/aromatic N) is 1. The molecule has 0 spiro atoms. The van der Waals surface area contributed by atoms with E-state index in [9.17, 15) is 9.59 Å². The van der Waals surface area contributed by atoms with Crippen LogP contribution in [-0.2, 0) is 14.3 Å². The molecule has 1 rings (SSSR count). The highest BCUT2D eigenvalue weighted by Gasteiger charge is 2.34. The van der Waals surface area contributed by atoms with Crippen LogP contribution in [0.15, 0.2) is 0 Å². The standard InChI is InChI=1S/C10H18N2O3S/c1-3-15-10(14)8-6-16-5-4-12(8)9(13)7(2)11/h7-8H,3-6,11H2,1-2H3. The fourth-order valence-corrected chi connectivity index (χ4v) is 2.59. The van der Waals surface area contributed by atoms with Gasteiger partial charge in [-0.15, -0.1) is 0 Å². The van der Waals surface area contributed by atoms with Crippen LogP contribution in [0.2, 0.25) is 0 Å². The first-order valence-corrected chi connectivity index (χ1v) is 6.53. The molecule has 1 saturated heterocycles. The van der Waals surface area contributed by atoms with Crippen LogP contribution in [0.4, 0.5) is 0 Å². The molecule has 2 atom stereocenters. The van der Waals surface area contributed by atoms with Crippen molar-refractivity contribution in [1.82, 2.24) is 4.90 Å². The lowest BCUT2D eigenvalue weighted by molar-refractivity contribution is -0.154. The maximum Gasteiger partial charge on any atom is 0.329 e. The SMILES string of the molecule is CCOC(=O)C1CSCCN1C(=O)C(C)N. The molecule has 0 saturated carbocycles. The van der Waals surface area contributed by atoms with Crippen LogP contribution in [0.3, 0.4) is 0 Å². The average Bonchev–Trinajstić information content (AvgIpc) is 2.28. The summed E-state index contributed by atoms with van der Waals surface area (Å²) >= 11 is 1.65. The molecule has 16 heavy (non-hydrogen) atoms. The minimum Gasteiger partial charge on any atom is -0.464 e. The Morgan fingerprint density at radius 2 is 2.31 bits per heavy atom. The predicted molar refractivity (Wildman–Crippen MR) is 63.1 cm³/mol. The third-order valence-corrected chi connectivity index (χ3v) is 3.38. The Morgan fingerprint density at radius 3 is 2.88 bits per heavy atom. The van der Waals surface area contributed by atoms with E-state index in [1.54, 1.807) is 30.5 Å². The van der Waals surface area contributed by atoms with Crippen LogP contribution in [0, 0.1) is 0 Å². The van der Waals surface area contributed by atoms with Gasteiger partial charge in [-0.1, -0.05) is 0 Å². The van der Waals surface area contributed by atoms with Crippen LogP contribution in [0.5, 0.6) is 0 Å². The fraction of sp³-hybridized carbons (Fsp3) is 0.800. The number of carbonyl (C=O) groups excluding carboxylic acids is 2. The summed E-state index contributed by atoms with van der Waals surface area (Å²) in [5, 5.41) is 0. The molecule has 0 aromatic carbocycles. The highest BCUT2D eigenvalue weighted by atomic mass is 32.2. The van der Waals surface area contributed by atoms with Crippen LogP contribution < -0.4 is 5.73 Å². The number of thioether (sulfide) groups is 1. The Kier molecular flexibility index (Phi) is 5.08. The molecule has 2 N–H and O–H groups in total. The van der Waals surface area contributed by atoms with Gasteiger partial charge in [0.15, 0.2) is 0 Å². The molecule has 0 aromatic heterocycles. The van der Waals surface area contributed by atoms with E-state index in [0.29, 0.717) is 18.9 Å². The molecule has 5 nitrogen and oxygen atoms in total. The molecule has 0 aliphatic carbocycles. The summed E-state index contributed by atoms with van der Waals surface area (Å²) in [5.41, 5.74) is 5.55. The predicted octanol–water partition coefficient (Wildman–Crippen LogP) is -0.159. The van der Waals surface area contributed by atoms with Gasteiger partial charge in [-0.05, 0) is 13.8 Å². The third kappa shape index (κ3) is 3.12. The topological polar surface area (TPSA) is 72.6 Å². The maximum absolute atomic E-state index is 11.8. The highest BCUT2D eigenvalue weighted by Crippen LogP contribution is 2.18. The van der Waals surface area contributed by atoms with Crippen molar-refractivity contribution in [3.63, 3.8) is 0 Å². The van der Waals surface area contributed by atoms with Gasteiger partial charge in [-0.25, -0.2) is 4.79 Å². The zero-order chi connectivity index (χ0) is 12.1. The van der Waals surface area contributed by atoms with Crippen molar-refractivity contribution >= 4 is 23.6 Å². The van der Waals surface area contributed by atoms with Crippen LogP contribution in [0.25, 0.3) is 0 Å². The summed E-state index contributed by atoms with van der Waals surface area (Å²) < 4.78 is 4.95. The Labute approximate surface area is 99.7 Å². The number of hydrogen-bond acceptors (Lipinski definition) is 5. The molecule has 1 amide bonds. The van der Waals surface area contributed by atoms with Crippen molar-refractivity contribution < 1.29 is 14.3 Å². The summed E-state index contributed by atoms with van der Waals surface area (Å²) in [4.78, 5) is 25.0. The third-order valence-electron chi connectivity index (χ3n) is 2.36. The van der Waals surface area contributed by atoms with E-state index in [1.165, 1.54) is 0 Å². The number of amides is 1. The van der Waals surface area contributed by atoms with E-state index < -0.39 is 12.1 Å². The van der Waals surface area contributed by atoms with Crippen LogP contribution >= 0.6 is 11.8 Å². The van der Waals surface area contributed by atoms with Gasteiger partial charge in [0, 0.05) is 18.1 Å². The Bertz CT molecular complexity index is 271. The fourth-order valence-electron chi connectivity index (χ4n) is 1.56. The molecule has 1 aliphatic heterocycles. The second-order valence-electron chi connectivity index (χ2n) is 3.66. The average molecular weight is 246 g/mol. The summed E-state index contributed by atoms with van der Waals surface area (Å²) in [7, 11) is 0. The molecule has 1 fully saturated rings. The molecular formula is C10H18N2O3S.